The van der Waals surface area contributed by atoms with Crippen molar-refractivity contribution in [1.82, 2.24) is 4.90 Å². The van der Waals surface area contributed by atoms with Crippen molar-refractivity contribution >= 4 is 5.97 Å². The number of benzene rings is 1. The van der Waals surface area contributed by atoms with Crippen LogP contribution in [-0.2, 0) is 10.2 Å². The van der Waals surface area contributed by atoms with Gasteiger partial charge in [-0.25, -0.2) is 0 Å². The molecule has 0 aromatic heterocycles. The molecule has 5 nitrogen and oxygen atoms in total. The van der Waals surface area contributed by atoms with Gasteiger partial charge in [0.15, 0.2) is 11.5 Å². The van der Waals surface area contributed by atoms with Gasteiger partial charge in [0.1, 0.15) is 0 Å². The average molecular weight is 265 g/mol. The van der Waals surface area contributed by atoms with Crippen molar-refractivity contribution in [2.45, 2.75) is 18.8 Å². The van der Waals surface area contributed by atoms with Gasteiger partial charge in [0.25, 0.3) is 0 Å². The van der Waals surface area contributed by atoms with Crippen LogP contribution in [0.1, 0.15) is 18.9 Å². The highest BCUT2D eigenvalue weighted by Crippen LogP contribution is 2.37. The minimum absolute atomic E-state index is 0.195. The third kappa shape index (κ3) is 2.66. The molecule has 0 aliphatic carbocycles. The van der Waals surface area contributed by atoms with E-state index in [4.69, 9.17) is 9.47 Å². The summed E-state index contributed by atoms with van der Waals surface area (Å²) in [5.41, 5.74) is -0.184. The van der Waals surface area contributed by atoms with E-state index in [0.717, 1.165) is 5.56 Å². The monoisotopic (exact) mass is 265 g/mol. The molecule has 0 bridgehead atoms. The smallest absolute Gasteiger partial charge is 0.313 e. The van der Waals surface area contributed by atoms with Crippen molar-refractivity contribution in [3.8, 4) is 11.5 Å². The van der Waals surface area contributed by atoms with Crippen molar-refractivity contribution < 1.29 is 19.4 Å². The first kappa shape index (κ1) is 13.7. The number of carboxylic acid groups (broad SMARTS) is 1. The molecule has 1 aromatic rings. The predicted molar refractivity (Wildman–Crippen MR) is 70.7 cm³/mol. The Bertz CT molecular complexity index is 486. The maximum absolute atomic E-state index is 11.6. The lowest BCUT2D eigenvalue weighted by molar-refractivity contribution is -0.143. The van der Waals surface area contributed by atoms with Crippen LogP contribution in [0.15, 0.2) is 18.2 Å². The molecule has 0 fully saturated rings. The molecule has 1 aliphatic heterocycles. The second kappa shape index (κ2) is 5.09. The van der Waals surface area contributed by atoms with Gasteiger partial charge in [-0.1, -0.05) is 6.07 Å². The predicted octanol–water partition coefficient (Wildman–Crippen LogP) is 1.71. The van der Waals surface area contributed by atoms with E-state index in [2.05, 4.69) is 0 Å². The molecule has 1 aromatic carbocycles. The fraction of sp³-hybridized carbons (Fsp3) is 0.500. The summed E-state index contributed by atoms with van der Waals surface area (Å²) in [6, 6.07) is 5.35. The maximum Gasteiger partial charge on any atom is 0.313 e. The van der Waals surface area contributed by atoms with Crippen molar-refractivity contribution in [2.75, 3.05) is 27.4 Å². The summed E-state index contributed by atoms with van der Waals surface area (Å²) in [4.78, 5) is 13.6. The van der Waals surface area contributed by atoms with Crippen LogP contribution in [0.25, 0.3) is 0 Å². The molecule has 1 atom stereocenters. The number of carbonyl (C=O) groups is 1. The van der Waals surface area contributed by atoms with E-state index in [9.17, 15) is 9.90 Å². The number of nitrogens with zero attached hydrogens (tertiary/aromatic N) is 1. The Morgan fingerprint density at radius 2 is 2.05 bits per heavy atom. The second-order valence-corrected chi connectivity index (χ2v) is 5.26. The first-order valence-electron chi connectivity index (χ1n) is 6.22. The Balaban J connectivity index is 2.30. The molecule has 1 N–H and O–H groups in total. The number of aliphatic carboxylic acids is 1. The van der Waals surface area contributed by atoms with Crippen molar-refractivity contribution in [2.24, 2.45) is 0 Å². The van der Waals surface area contributed by atoms with Crippen LogP contribution in [0, 0.1) is 0 Å². The largest absolute Gasteiger partial charge is 0.481 e. The number of fused-ring (bicyclic) bond motifs is 1. The van der Waals surface area contributed by atoms with E-state index in [1.54, 1.807) is 25.1 Å². The zero-order valence-electron chi connectivity index (χ0n) is 11.5. The number of rotatable bonds is 5. The molecule has 0 saturated carbocycles. The summed E-state index contributed by atoms with van der Waals surface area (Å²) >= 11 is 0. The SMILES string of the molecule is CN(C)CCC(C)(C(=O)O)c1ccc2c(c1)OCO2. The molecular formula is C14H19NO4. The van der Waals surface area contributed by atoms with Gasteiger partial charge < -0.3 is 19.5 Å². The summed E-state index contributed by atoms with van der Waals surface area (Å²) in [6.07, 6.45) is 0.537. The van der Waals surface area contributed by atoms with Crippen molar-refractivity contribution in [3.05, 3.63) is 23.8 Å². The molecular weight excluding hydrogens is 246 g/mol. The number of carboxylic acids is 1. The van der Waals surface area contributed by atoms with E-state index in [0.29, 0.717) is 24.5 Å². The molecule has 0 spiro atoms. The first-order chi connectivity index (χ1) is 8.93. The van der Waals surface area contributed by atoms with E-state index in [1.807, 2.05) is 19.0 Å². The minimum atomic E-state index is -0.925. The zero-order valence-corrected chi connectivity index (χ0v) is 11.5. The topological polar surface area (TPSA) is 59.0 Å². The van der Waals surface area contributed by atoms with E-state index in [1.165, 1.54) is 0 Å². The molecule has 0 radical (unpaired) electrons. The van der Waals surface area contributed by atoms with Crippen molar-refractivity contribution in [1.29, 1.82) is 0 Å². The Morgan fingerprint density at radius 1 is 1.37 bits per heavy atom. The van der Waals surface area contributed by atoms with Crippen LogP contribution in [-0.4, -0.2) is 43.4 Å². The van der Waals surface area contributed by atoms with Crippen LogP contribution in [0.4, 0.5) is 0 Å². The van der Waals surface area contributed by atoms with Gasteiger partial charge >= 0.3 is 5.97 Å². The third-order valence-electron chi connectivity index (χ3n) is 3.54. The van der Waals surface area contributed by atoms with Crippen LogP contribution in [0.3, 0.4) is 0 Å². The Labute approximate surface area is 112 Å². The van der Waals surface area contributed by atoms with Crippen LogP contribution < -0.4 is 9.47 Å². The highest BCUT2D eigenvalue weighted by Gasteiger charge is 2.36. The quantitative estimate of drug-likeness (QED) is 0.878. The summed E-state index contributed by atoms with van der Waals surface area (Å²) in [5.74, 6) is 0.465. The van der Waals surface area contributed by atoms with Crippen LogP contribution >= 0.6 is 0 Å². The van der Waals surface area contributed by atoms with Gasteiger partial charge in [-0.2, -0.15) is 0 Å². The molecule has 104 valence electrons. The zero-order chi connectivity index (χ0) is 14.0. The lowest BCUT2D eigenvalue weighted by Gasteiger charge is -2.27. The van der Waals surface area contributed by atoms with Crippen LogP contribution in [0.5, 0.6) is 11.5 Å². The molecule has 2 rings (SSSR count). The molecule has 19 heavy (non-hydrogen) atoms. The lowest BCUT2D eigenvalue weighted by atomic mass is 9.79. The minimum Gasteiger partial charge on any atom is -0.481 e. The molecule has 1 heterocycles. The average Bonchev–Trinajstić information content (AvgIpc) is 2.82. The van der Waals surface area contributed by atoms with Gasteiger partial charge in [0, 0.05) is 0 Å². The van der Waals surface area contributed by atoms with E-state index >= 15 is 0 Å². The molecule has 1 aliphatic rings. The molecule has 1 unspecified atom stereocenters. The number of hydrogen-bond donors (Lipinski definition) is 1. The maximum atomic E-state index is 11.6. The lowest BCUT2D eigenvalue weighted by Crippen LogP contribution is -2.35. The summed E-state index contributed by atoms with van der Waals surface area (Å²) < 4.78 is 10.6. The van der Waals surface area contributed by atoms with Gasteiger partial charge in [-0.05, 0) is 51.7 Å². The van der Waals surface area contributed by atoms with Gasteiger partial charge in [-0.15, -0.1) is 0 Å². The van der Waals surface area contributed by atoms with Crippen LogP contribution in [0.2, 0.25) is 0 Å². The molecule has 0 amide bonds. The van der Waals surface area contributed by atoms with Gasteiger partial charge in [0.2, 0.25) is 6.79 Å². The normalized spacial score (nSPS) is 16.4. The highest BCUT2D eigenvalue weighted by molar-refractivity contribution is 5.81. The molecule has 5 heteroatoms. The summed E-state index contributed by atoms with van der Waals surface area (Å²) in [7, 11) is 3.86. The number of ether oxygens (including phenoxy) is 2. The Morgan fingerprint density at radius 3 is 2.68 bits per heavy atom. The van der Waals surface area contributed by atoms with Gasteiger partial charge in [0.05, 0.1) is 5.41 Å². The molecule has 0 saturated heterocycles. The van der Waals surface area contributed by atoms with E-state index < -0.39 is 11.4 Å². The number of hydrogen-bond acceptors (Lipinski definition) is 4. The van der Waals surface area contributed by atoms with Crippen molar-refractivity contribution in [3.63, 3.8) is 0 Å². The fourth-order valence-electron chi connectivity index (χ4n) is 2.06. The third-order valence-corrected chi connectivity index (χ3v) is 3.54. The second-order valence-electron chi connectivity index (χ2n) is 5.26. The van der Waals surface area contributed by atoms with E-state index in [-0.39, 0.29) is 6.79 Å². The summed E-state index contributed by atoms with van der Waals surface area (Å²) in [6.45, 7) is 2.65. The Kier molecular flexibility index (Phi) is 3.66. The summed E-state index contributed by atoms with van der Waals surface area (Å²) in [5, 5.41) is 9.56. The highest BCUT2D eigenvalue weighted by atomic mass is 16.7. The first-order valence-corrected chi connectivity index (χ1v) is 6.22. The standard InChI is InChI=1S/C14H19NO4/c1-14(13(16)17,6-7-15(2)3)10-4-5-11-12(8-10)19-9-18-11/h4-5,8H,6-7,9H2,1-3H3,(H,16,17). The Hall–Kier alpha value is -1.75. The fourth-order valence-corrected chi connectivity index (χ4v) is 2.06. The van der Waals surface area contributed by atoms with Gasteiger partial charge in [-0.3, -0.25) is 4.79 Å².